The van der Waals surface area contributed by atoms with E-state index in [9.17, 15) is 4.79 Å². The van der Waals surface area contributed by atoms with Crippen LogP contribution in [0.25, 0.3) is 11.1 Å². The van der Waals surface area contributed by atoms with E-state index in [0.29, 0.717) is 13.2 Å². The molecule has 0 unspecified atom stereocenters. The van der Waals surface area contributed by atoms with Crippen LogP contribution in [0.3, 0.4) is 0 Å². The molecule has 0 spiro atoms. The van der Waals surface area contributed by atoms with Crippen LogP contribution < -0.4 is 0 Å². The molecular weight excluding hydrogens is 252 g/mol. The Balaban J connectivity index is 2.06. The molecule has 0 radical (unpaired) electrons. The van der Waals surface area contributed by atoms with Gasteiger partial charge < -0.3 is 9.84 Å². The van der Waals surface area contributed by atoms with Gasteiger partial charge in [-0.1, -0.05) is 0 Å². The van der Waals surface area contributed by atoms with E-state index in [2.05, 4.69) is 11.2 Å². The highest BCUT2D eigenvalue weighted by Crippen LogP contribution is 2.25. The van der Waals surface area contributed by atoms with Crippen LogP contribution >= 0.6 is 11.3 Å². The van der Waals surface area contributed by atoms with Crippen LogP contribution in [-0.4, -0.2) is 28.0 Å². The fourth-order valence-corrected chi connectivity index (χ4v) is 2.46. The summed E-state index contributed by atoms with van der Waals surface area (Å²) in [5.41, 5.74) is 2.09. The van der Waals surface area contributed by atoms with Crippen LogP contribution in [0.4, 0.5) is 0 Å². The maximum absolute atomic E-state index is 10.5. The van der Waals surface area contributed by atoms with Gasteiger partial charge in [0.2, 0.25) is 0 Å². The van der Waals surface area contributed by atoms with Crippen molar-refractivity contribution in [3.05, 3.63) is 28.7 Å². The predicted octanol–water partition coefficient (Wildman–Crippen LogP) is 2.23. The Bertz CT molecular complexity index is 533. The van der Waals surface area contributed by atoms with Gasteiger partial charge >= 0.3 is 5.97 Å². The molecule has 0 bridgehead atoms. The summed E-state index contributed by atoms with van der Waals surface area (Å²) in [6, 6.07) is 2.06. The summed E-state index contributed by atoms with van der Waals surface area (Å²) in [5.74, 6) is -0.815. The Hall–Kier alpha value is -1.66. The minimum atomic E-state index is -0.815. The van der Waals surface area contributed by atoms with Crippen molar-refractivity contribution >= 4 is 17.3 Å². The van der Waals surface area contributed by atoms with Crippen molar-refractivity contribution in [1.29, 1.82) is 0 Å². The Morgan fingerprint density at radius 2 is 2.39 bits per heavy atom. The number of carboxylic acid groups (broad SMARTS) is 1. The van der Waals surface area contributed by atoms with Gasteiger partial charge in [-0.3, -0.25) is 9.48 Å². The maximum atomic E-state index is 10.5. The molecule has 0 aromatic carbocycles. The Labute approximate surface area is 109 Å². The topological polar surface area (TPSA) is 64.4 Å². The van der Waals surface area contributed by atoms with Crippen molar-refractivity contribution in [3.8, 4) is 11.1 Å². The average molecular weight is 266 g/mol. The lowest BCUT2D eigenvalue weighted by Crippen LogP contribution is -2.04. The molecule has 18 heavy (non-hydrogen) atoms. The molecule has 0 saturated heterocycles. The van der Waals surface area contributed by atoms with E-state index in [4.69, 9.17) is 9.84 Å². The number of thiophene rings is 1. The standard InChI is InChI=1S/C12H14N2O3S/c1-17-7-11-4-9(8-18-11)10-5-13-14(6-10)3-2-12(15)16/h4-6,8H,2-3,7H2,1H3,(H,15,16). The van der Waals surface area contributed by atoms with Crippen LogP contribution in [0, 0.1) is 0 Å². The molecule has 96 valence electrons. The summed E-state index contributed by atoms with van der Waals surface area (Å²) < 4.78 is 6.72. The smallest absolute Gasteiger partial charge is 0.305 e. The third-order valence-electron chi connectivity index (χ3n) is 2.46. The van der Waals surface area contributed by atoms with Crippen molar-refractivity contribution in [2.45, 2.75) is 19.6 Å². The van der Waals surface area contributed by atoms with Gasteiger partial charge in [0.05, 0.1) is 25.8 Å². The molecule has 2 aromatic rings. The second-order valence-electron chi connectivity index (χ2n) is 3.87. The lowest BCUT2D eigenvalue weighted by Gasteiger charge is -1.96. The zero-order valence-electron chi connectivity index (χ0n) is 10.00. The first-order chi connectivity index (χ1) is 8.69. The van der Waals surface area contributed by atoms with Gasteiger partial charge in [0.25, 0.3) is 0 Å². The quantitative estimate of drug-likeness (QED) is 0.870. The monoisotopic (exact) mass is 266 g/mol. The molecule has 6 heteroatoms. The largest absolute Gasteiger partial charge is 0.481 e. The van der Waals surface area contributed by atoms with Gasteiger partial charge in [0.15, 0.2) is 0 Å². The molecule has 0 fully saturated rings. The van der Waals surface area contributed by atoms with Crippen molar-refractivity contribution in [3.63, 3.8) is 0 Å². The molecule has 5 nitrogen and oxygen atoms in total. The van der Waals surface area contributed by atoms with Gasteiger partial charge in [0, 0.05) is 23.7 Å². The molecule has 2 rings (SSSR count). The first-order valence-corrected chi connectivity index (χ1v) is 6.38. The second kappa shape index (κ2) is 5.79. The SMILES string of the molecule is COCc1cc(-c2cnn(CCC(=O)O)c2)cs1. The van der Waals surface area contributed by atoms with Crippen LogP contribution in [0.1, 0.15) is 11.3 Å². The second-order valence-corrected chi connectivity index (χ2v) is 4.87. The summed E-state index contributed by atoms with van der Waals surface area (Å²) in [5, 5.41) is 14.8. The Morgan fingerprint density at radius 3 is 3.11 bits per heavy atom. The lowest BCUT2D eigenvalue weighted by atomic mass is 10.2. The molecule has 0 aliphatic carbocycles. The predicted molar refractivity (Wildman–Crippen MR) is 68.5 cm³/mol. The van der Waals surface area contributed by atoms with E-state index in [1.807, 2.05) is 11.6 Å². The zero-order chi connectivity index (χ0) is 13.0. The first-order valence-electron chi connectivity index (χ1n) is 5.50. The number of methoxy groups -OCH3 is 1. The van der Waals surface area contributed by atoms with Gasteiger partial charge in [-0.15, -0.1) is 11.3 Å². The van der Waals surface area contributed by atoms with Crippen molar-refractivity contribution in [2.75, 3.05) is 7.11 Å². The summed E-state index contributed by atoms with van der Waals surface area (Å²) in [4.78, 5) is 11.6. The van der Waals surface area contributed by atoms with Gasteiger partial charge in [-0.25, -0.2) is 0 Å². The minimum absolute atomic E-state index is 0.0830. The normalized spacial score (nSPS) is 10.7. The Kier molecular flexibility index (Phi) is 4.11. The molecule has 0 aliphatic heterocycles. The highest BCUT2D eigenvalue weighted by Gasteiger charge is 2.06. The summed E-state index contributed by atoms with van der Waals surface area (Å²) in [6.07, 6.45) is 3.70. The van der Waals surface area contributed by atoms with Crippen molar-refractivity contribution in [1.82, 2.24) is 9.78 Å². The van der Waals surface area contributed by atoms with Crippen LogP contribution in [0.5, 0.6) is 0 Å². The van der Waals surface area contributed by atoms with Crippen molar-refractivity contribution < 1.29 is 14.6 Å². The van der Waals surface area contributed by atoms with Gasteiger partial charge in [0.1, 0.15) is 0 Å². The first kappa shape index (κ1) is 12.8. The minimum Gasteiger partial charge on any atom is -0.481 e. The lowest BCUT2D eigenvalue weighted by molar-refractivity contribution is -0.137. The average Bonchev–Trinajstić information content (AvgIpc) is 2.94. The number of rotatable bonds is 6. The van der Waals surface area contributed by atoms with E-state index >= 15 is 0 Å². The van der Waals surface area contributed by atoms with Crippen LogP contribution in [0.15, 0.2) is 23.8 Å². The third kappa shape index (κ3) is 3.18. The molecular formula is C12H14N2O3S. The van der Waals surface area contributed by atoms with E-state index in [1.54, 1.807) is 29.3 Å². The van der Waals surface area contributed by atoms with Crippen LogP contribution in [-0.2, 0) is 22.7 Å². The number of aryl methyl sites for hydroxylation is 1. The Morgan fingerprint density at radius 1 is 1.56 bits per heavy atom. The molecule has 0 aliphatic rings. The summed E-state index contributed by atoms with van der Waals surface area (Å²) in [6.45, 7) is 1.00. The molecule has 0 atom stereocenters. The number of ether oxygens (including phenoxy) is 1. The fraction of sp³-hybridized carbons (Fsp3) is 0.333. The highest BCUT2D eigenvalue weighted by atomic mass is 32.1. The fourth-order valence-electron chi connectivity index (χ4n) is 1.60. The van der Waals surface area contributed by atoms with E-state index in [0.717, 1.165) is 16.0 Å². The number of nitrogens with zero attached hydrogens (tertiary/aromatic N) is 2. The number of carbonyl (C=O) groups is 1. The summed E-state index contributed by atoms with van der Waals surface area (Å²) in [7, 11) is 1.67. The molecule has 0 saturated carbocycles. The van der Waals surface area contributed by atoms with Gasteiger partial charge in [-0.05, 0) is 17.0 Å². The number of hydrogen-bond donors (Lipinski definition) is 1. The molecule has 1 N–H and O–H groups in total. The van der Waals surface area contributed by atoms with E-state index in [1.165, 1.54) is 0 Å². The zero-order valence-corrected chi connectivity index (χ0v) is 10.8. The van der Waals surface area contributed by atoms with E-state index in [-0.39, 0.29) is 6.42 Å². The van der Waals surface area contributed by atoms with E-state index < -0.39 is 5.97 Å². The summed E-state index contributed by atoms with van der Waals surface area (Å²) >= 11 is 1.64. The van der Waals surface area contributed by atoms with Crippen LogP contribution in [0.2, 0.25) is 0 Å². The molecule has 2 aromatic heterocycles. The maximum Gasteiger partial charge on any atom is 0.305 e. The molecule has 2 heterocycles. The number of hydrogen-bond acceptors (Lipinski definition) is 4. The van der Waals surface area contributed by atoms with Crippen molar-refractivity contribution in [2.24, 2.45) is 0 Å². The molecule has 0 amide bonds. The van der Waals surface area contributed by atoms with Gasteiger partial charge in [-0.2, -0.15) is 5.10 Å². The number of carboxylic acids is 1. The third-order valence-corrected chi connectivity index (χ3v) is 3.37. The highest BCUT2D eigenvalue weighted by molar-refractivity contribution is 7.10. The number of aliphatic carboxylic acids is 1. The number of aromatic nitrogens is 2.